The van der Waals surface area contributed by atoms with Gasteiger partial charge < -0.3 is 9.68 Å². The molecule has 0 fully saturated rings. The molecular weight excluding hydrogens is 316 g/mol. The lowest BCUT2D eigenvalue weighted by Gasteiger charge is -1.98. The van der Waals surface area contributed by atoms with Crippen molar-refractivity contribution in [1.82, 2.24) is 9.46 Å². The minimum absolute atomic E-state index is 0.00506. The molecule has 3 rings (SSSR count). The van der Waals surface area contributed by atoms with E-state index in [1.54, 1.807) is 0 Å². The highest BCUT2D eigenvalue weighted by molar-refractivity contribution is 5.97. The van der Waals surface area contributed by atoms with Gasteiger partial charge in [-0.15, -0.1) is 9.46 Å². The van der Waals surface area contributed by atoms with Crippen LogP contribution >= 0.6 is 0 Å². The number of nitrogens with zero attached hydrogens (tertiary/aromatic N) is 2. The number of benzene rings is 1. The van der Waals surface area contributed by atoms with Gasteiger partial charge in [0.1, 0.15) is 13.2 Å². The average molecular weight is 328 g/mol. The van der Waals surface area contributed by atoms with Crippen molar-refractivity contribution in [2.24, 2.45) is 0 Å². The lowest BCUT2D eigenvalue weighted by atomic mass is 10.1. The fourth-order valence-corrected chi connectivity index (χ4v) is 2.42. The van der Waals surface area contributed by atoms with E-state index in [4.69, 9.17) is 9.68 Å². The molecule has 24 heavy (non-hydrogen) atoms. The summed E-state index contributed by atoms with van der Waals surface area (Å²) < 4.78 is 1.17. The molecule has 0 N–H and O–H groups in total. The average Bonchev–Trinajstić information content (AvgIpc) is 2.95. The Morgan fingerprint density at radius 1 is 0.708 bits per heavy atom. The number of hydrogen-bond donors (Lipinski definition) is 0. The highest BCUT2D eigenvalue weighted by atomic mass is 16.7. The molecule has 2 aromatic heterocycles. The summed E-state index contributed by atoms with van der Waals surface area (Å²) in [5.74, 6) is 0. The Bertz CT molecular complexity index is 1010. The van der Waals surface area contributed by atoms with Gasteiger partial charge in [0.05, 0.1) is 21.5 Å². The number of aromatic nitrogens is 2. The van der Waals surface area contributed by atoms with E-state index in [-0.39, 0.29) is 34.8 Å². The zero-order valence-electron chi connectivity index (χ0n) is 12.5. The van der Waals surface area contributed by atoms with Crippen LogP contribution in [0.1, 0.15) is 0 Å². The van der Waals surface area contributed by atoms with Crippen LogP contribution in [-0.2, 0) is 0 Å². The third-order valence-electron chi connectivity index (χ3n) is 3.46. The second-order valence-corrected chi connectivity index (χ2v) is 4.92. The largest absolute Gasteiger partial charge is 0.403 e. The van der Waals surface area contributed by atoms with E-state index in [0.29, 0.717) is 9.46 Å². The molecule has 0 aliphatic heterocycles. The molecule has 8 nitrogen and oxygen atoms in total. The second-order valence-electron chi connectivity index (χ2n) is 4.92. The molecule has 8 heteroatoms. The van der Waals surface area contributed by atoms with Gasteiger partial charge in [-0.25, -0.2) is 0 Å². The fourth-order valence-electron chi connectivity index (χ4n) is 2.42. The first-order chi connectivity index (χ1) is 11.5. The van der Waals surface area contributed by atoms with Crippen LogP contribution in [0, 0.1) is 0 Å². The predicted octanol–water partition coefficient (Wildman–Crippen LogP) is -0.858. The third kappa shape index (κ3) is 2.08. The molecule has 0 spiro atoms. The highest BCUT2D eigenvalue weighted by Gasteiger charge is 2.20. The van der Waals surface area contributed by atoms with Gasteiger partial charge in [0.2, 0.25) is 0 Å². The summed E-state index contributed by atoms with van der Waals surface area (Å²) in [7, 11) is 0. The van der Waals surface area contributed by atoms with Crippen LogP contribution in [0.4, 0.5) is 0 Å². The molecule has 0 atom stereocenters. The molecule has 0 radical (unpaired) electrons. The van der Waals surface area contributed by atoms with Crippen molar-refractivity contribution in [1.29, 1.82) is 0 Å². The summed E-state index contributed by atoms with van der Waals surface area (Å²) >= 11 is 0. The van der Waals surface area contributed by atoms with Crippen LogP contribution in [0.15, 0.2) is 56.6 Å². The summed E-state index contributed by atoms with van der Waals surface area (Å²) in [6.07, 6.45) is 2.76. The van der Waals surface area contributed by atoms with Crippen LogP contribution in [0.2, 0.25) is 0 Å². The summed E-state index contributed by atoms with van der Waals surface area (Å²) in [5.41, 5.74) is -2.81. The monoisotopic (exact) mass is 328 g/mol. The first-order valence-electron chi connectivity index (χ1n) is 6.94. The first kappa shape index (κ1) is 15.5. The number of rotatable bonds is 6. The van der Waals surface area contributed by atoms with E-state index in [2.05, 4.69) is 13.2 Å². The molecule has 2 heterocycles. The lowest BCUT2D eigenvalue weighted by Crippen LogP contribution is -2.32. The van der Waals surface area contributed by atoms with Gasteiger partial charge >= 0.3 is 0 Å². The van der Waals surface area contributed by atoms with Crippen molar-refractivity contribution in [2.75, 3.05) is 13.2 Å². The molecule has 0 aliphatic rings. The van der Waals surface area contributed by atoms with Crippen molar-refractivity contribution in [3.05, 3.63) is 78.9 Å². The molecule has 0 saturated heterocycles. The van der Waals surface area contributed by atoms with E-state index < -0.39 is 22.2 Å². The maximum absolute atomic E-state index is 12.2. The normalized spacial score (nSPS) is 11.0. The number of fused-ring (bicyclic) bond motifs is 2. The summed E-state index contributed by atoms with van der Waals surface area (Å²) in [4.78, 5) is 59.0. The maximum Gasteiger partial charge on any atom is 0.294 e. The molecule has 1 aromatic carbocycles. The van der Waals surface area contributed by atoms with E-state index >= 15 is 0 Å². The topological polar surface area (TPSA) is 96.6 Å². The molecule has 0 amide bonds. The molecule has 0 unspecified atom stereocenters. The van der Waals surface area contributed by atoms with Crippen molar-refractivity contribution >= 4 is 21.5 Å². The van der Waals surface area contributed by atoms with Gasteiger partial charge in [0.25, 0.3) is 22.2 Å². The standard InChI is InChI=1S/C16H12N2O6/c1-3-5-23-17-13(19)9-7-11-12(8-10(9)14(17)20)16(22)18(15(11)21)24-6-4-2/h3-4,7-8H,1-2,5-6H2. The van der Waals surface area contributed by atoms with Gasteiger partial charge in [0, 0.05) is 0 Å². The minimum atomic E-state index is -0.703. The Morgan fingerprint density at radius 3 is 1.25 bits per heavy atom. The Balaban J connectivity index is 2.34. The molecule has 3 aromatic rings. The predicted molar refractivity (Wildman–Crippen MR) is 88.2 cm³/mol. The van der Waals surface area contributed by atoms with Crippen LogP contribution in [0.25, 0.3) is 21.5 Å². The van der Waals surface area contributed by atoms with Gasteiger partial charge in [0.15, 0.2) is 0 Å². The van der Waals surface area contributed by atoms with E-state index in [1.807, 2.05) is 0 Å². The maximum atomic E-state index is 12.2. The van der Waals surface area contributed by atoms with E-state index in [0.717, 1.165) is 0 Å². The summed E-state index contributed by atoms with van der Waals surface area (Å²) in [6, 6.07) is 2.42. The summed E-state index contributed by atoms with van der Waals surface area (Å²) in [5, 5.41) is -0.0202. The smallest absolute Gasteiger partial charge is 0.294 e. The van der Waals surface area contributed by atoms with Crippen molar-refractivity contribution in [3.63, 3.8) is 0 Å². The zero-order valence-corrected chi connectivity index (χ0v) is 12.5. The SMILES string of the molecule is C=CCOn1c(=O)c2cc3c(=O)n(OCC=C)c(=O)c3cc2c1=O. The van der Waals surface area contributed by atoms with E-state index in [1.165, 1.54) is 24.3 Å². The molecule has 122 valence electrons. The van der Waals surface area contributed by atoms with Crippen molar-refractivity contribution in [3.8, 4) is 0 Å². The lowest BCUT2D eigenvalue weighted by molar-refractivity contribution is 0.122. The molecule has 0 aliphatic carbocycles. The molecule has 0 saturated carbocycles. The molecule has 0 bridgehead atoms. The Morgan fingerprint density at radius 2 is 1.00 bits per heavy atom. The second kappa shape index (κ2) is 5.65. The van der Waals surface area contributed by atoms with Gasteiger partial charge in [-0.2, -0.15) is 0 Å². The van der Waals surface area contributed by atoms with E-state index in [9.17, 15) is 19.2 Å². The fraction of sp³-hybridized carbons (Fsp3) is 0.125. The van der Waals surface area contributed by atoms with Crippen molar-refractivity contribution < 1.29 is 9.68 Å². The minimum Gasteiger partial charge on any atom is -0.403 e. The highest BCUT2D eigenvalue weighted by Crippen LogP contribution is 2.13. The van der Waals surface area contributed by atoms with Gasteiger partial charge in [-0.3, -0.25) is 19.2 Å². The molecular formula is C16H12N2O6. The van der Waals surface area contributed by atoms with Crippen LogP contribution < -0.4 is 31.9 Å². The third-order valence-corrected chi connectivity index (χ3v) is 3.46. The Labute approximate surface area is 133 Å². The Hall–Kier alpha value is -3.42. The number of hydrogen-bond acceptors (Lipinski definition) is 6. The van der Waals surface area contributed by atoms with Crippen LogP contribution in [0.5, 0.6) is 0 Å². The van der Waals surface area contributed by atoms with Crippen LogP contribution in [-0.4, -0.2) is 22.7 Å². The van der Waals surface area contributed by atoms with Crippen molar-refractivity contribution in [2.45, 2.75) is 0 Å². The Kier molecular flexibility index (Phi) is 3.64. The van der Waals surface area contributed by atoms with Gasteiger partial charge in [-0.05, 0) is 12.1 Å². The quantitative estimate of drug-likeness (QED) is 0.546. The first-order valence-corrected chi connectivity index (χ1v) is 6.94. The van der Waals surface area contributed by atoms with Gasteiger partial charge in [-0.1, -0.05) is 25.3 Å². The zero-order chi connectivity index (χ0) is 17.4. The van der Waals surface area contributed by atoms with Crippen LogP contribution in [0.3, 0.4) is 0 Å². The summed E-state index contributed by atoms with van der Waals surface area (Å²) in [6.45, 7) is 6.80.